The second-order valence-corrected chi connectivity index (χ2v) is 5.61. The van der Waals surface area contributed by atoms with Crippen molar-refractivity contribution in [2.75, 3.05) is 0 Å². The van der Waals surface area contributed by atoms with Crippen molar-refractivity contribution in [2.45, 2.75) is 51.6 Å². The molecule has 1 amide bonds. The van der Waals surface area contributed by atoms with E-state index in [0.717, 1.165) is 24.3 Å². The Morgan fingerprint density at radius 3 is 2.53 bits per heavy atom. The molecule has 0 aliphatic rings. The number of benzene rings is 1. The van der Waals surface area contributed by atoms with Crippen LogP contribution < -0.4 is 11.1 Å². The summed E-state index contributed by atoms with van der Waals surface area (Å²) in [6.07, 6.45) is 3.10. The third-order valence-electron chi connectivity index (χ3n) is 2.93. The first-order valence-corrected chi connectivity index (χ1v) is 7.14. The van der Waals surface area contributed by atoms with Crippen molar-refractivity contribution in [3.63, 3.8) is 0 Å². The molecule has 0 saturated carbocycles. The first kappa shape index (κ1) is 16.0. The van der Waals surface area contributed by atoms with Crippen LogP contribution in [0.2, 0.25) is 5.02 Å². The Kier molecular flexibility index (Phi) is 6.89. The predicted octanol–water partition coefficient (Wildman–Crippen LogP) is 2.90. The fraction of sp³-hybridized carbons (Fsp3) is 0.533. The number of rotatable bonds is 7. The van der Waals surface area contributed by atoms with E-state index >= 15 is 0 Å². The van der Waals surface area contributed by atoms with Gasteiger partial charge in [0, 0.05) is 23.5 Å². The average Bonchev–Trinajstić information content (AvgIpc) is 2.31. The third kappa shape index (κ3) is 7.19. The van der Waals surface area contributed by atoms with Crippen molar-refractivity contribution < 1.29 is 4.79 Å². The molecule has 2 unspecified atom stereocenters. The first-order valence-electron chi connectivity index (χ1n) is 6.76. The highest BCUT2D eigenvalue weighted by atomic mass is 35.5. The lowest BCUT2D eigenvalue weighted by atomic mass is 10.1. The largest absolute Gasteiger partial charge is 0.353 e. The molecule has 4 heteroatoms. The lowest BCUT2D eigenvalue weighted by molar-refractivity contribution is -0.121. The normalized spacial score (nSPS) is 13.9. The maximum absolute atomic E-state index is 11.7. The standard InChI is InChI=1S/C15H23ClN2O/c1-11(17)4-3-5-15(19)18-12(2)10-13-6-8-14(16)9-7-13/h6-9,11-12H,3-5,10,17H2,1-2H3,(H,18,19). The number of hydrogen-bond acceptors (Lipinski definition) is 2. The van der Waals surface area contributed by atoms with Crippen LogP contribution in [0, 0.1) is 0 Å². The molecule has 0 aliphatic heterocycles. The van der Waals surface area contributed by atoms with Crippen LogP contribution in [0.15, 0.2) is 24.3 Å². The zero-order chi connectivity index (χ0) is 14.3. The van der Waals surface area contributed by atoms with Crippen LogP contribution in [-0.2, 0) is 11.2 Å². The van der Waals surface area contributed by atoms with Crippen molar-refractivity contribution in [2.24, 2.45) is 5.73 Å². The van der Waals surface area contributed by atoms with Crippen molar-refractivity contribution >= 4 is 17.5 Å². The highest BCUT2D eigenvalue weighted by Crippen LogP contribution is 2.11. The zero-order valence-corrected chi connectivity index (χ0v) is 12.4. The number of hydrogen-bond donors (Lipinski definition) is 2. The van der Waals surface area contributed by atoms with E-state index < -0.39 is 0 Å². The molecule has 1 aromatic rings. The van der Waals surface area contributed by atoms with Crippen molar-refractivity contribution in [3.05, 3.63) is 34.9 Å². The fourth-order valence-corrected chi connectivity index (χ4v) is 2.08. The summed E-state index contributed by atoms with van der Waals surface area (Å²) in [6.45, 7) is 3.97. The van der Waals surface area contributed by atoms with E-state index in [4.69, 9.17) is 17.3 Å². The van der Waals surface area contributed by atoms with Gasteiger partial charge in [-0.1, -0.05) is 23.7 Å². The molecule has 106 valence electrons. The number of amides is 1. The van der Waals surface area contributed by atoms with Crippen LogP contribution in [0.25, 0.3) is 0 Å². The van der Waals surface area contributed by atoms with Crippen molar-refractivity contribution in [1.29, 1.82) is 0 Å². The molecule has 1 aromatic carbocycles. The van der Waals surface area contributed by atoms with Gasteiger partial charge in [0.25, 0.3) is 0 Å². The summed E-state index contributed by atoms with van der Waals surface area (Å²) in [5, 5.41) is 3.74. The molecule has 1 rings (SSSR count). The molecular weight excluding hydrogens is 260 g/mol. The van der Waals surface area contributed by atoms with Gasteiger partial charge in [0.15, 0.2) is 0 Å². The van der Waals surface area contributed by atoms with Gasteiger partial charge in [-0.3, -0.25) is 4.79 Å². The molecule has 0 aliphatic carbocycles. The molecule has 0 spiro atoms. The molecule has 0 saturated heterocycles. The topological polar surface area (TPSA) is 55.1 Å². The minimum atomic E-state index is 0.0992. The number of nitrogens with two attached hydrogens (primary N) is 1. The van der Waals surface area contributed by atoms with E-state index in [1.54, 1.807) is 0 Å². The molecule has 0 bridgehead atoms. The molecule has 0 radical (unpaired) electrons. The van der Waals surface area contributed by atoms with Gasteiger partial charge < -0.3 is 11.1 Å². The molecule has 0 heterocycles. The predicted molar refractivity (Wildman–Crippen MR) is 80.3 cm³/mol. The van der Waals surface area contributed by atoms with Gasteiger partial charge in [-0.05, 0) is 50.8 Å². The van der Waals surface area contributed by atoms with Crippen LogP contribution in [0.4, 0.5) is 0 Å². The molecule has 19 heavy (non-hydrogen) atoms. The van der Waals surface area contributed by atoms with Crippen LogP contribution in [0.3, 0.4) is 0 Å². The van der Waals surface area contributed by atoms with E-state index in [0.29, 0.717) is 6.42 Å². The zero-order valence-electron chi connectivity index (χ0n) is 11.7. The van der Waals surface area contributed by atoms with Crippen LogP contribution in [0.1, 0.15) is 38.7 Å². The van der Waals surface area contributed by atoms with E-state index in [1.807, 2.05) is 38.1 Å². The second kappa shape index (κ2) is 8.18. The van der Waals surface area contributed by atoms with Gasteiger partial charge in [0.2, 0.25) is 5.91 Å². The molecule has 3 N–H and O–H groups in total. The van der Waals surface area contributed by atoms with E-state index in [2.05, 4.69) is 5.32 Å². The maximum Gasteiger partial charge on any atom is 0.220 e. The van der Waals surface area contributed by atoms with Gasteiger partial charge in [-0.2, -0.15) is 0 Å². The number of carbonyl (C=O) groups is 1. The minimum Gasteiger partial charge on any atom is -0.353 e. The Balaban J connectivity index is 2.28. The highest BCUT2D eigenvalue weighted by molar-refractivity contribution is 6.30. The summed E-state index contributed by atoms with van der Waals surface area (Å²) < 4.78 is 0. The smallest absolute Gasteiger partial charge is 0.220 e. The second-order valence-electron chi connectivity index (χ2n) is 5.17. The van der Waals surface area contributed by atoms with Gasteiger partial charge in [-0.25, -0.2) is 0 Å². The summed E-state index contributed by atoms with van der Waals surface area (Å²) >= 11 is 5.84. The quantitative estimate of drug-likeness (QED) is 0.808. The molecule has 3 nitrogen and oxygen atoms in total. The number of halogens is 1. The summed E-state index contributed by atoms with van der Waals surface area (Å²) in [5.74, 6) is 0.0992. The van der Waals surface area contributed by atoms with Gasteiger partial charge >= 0.3 is 0 Å². The van der Waals surface area contributed by atoms with Gasteiger partial charge in [0.05, 0.1) is 0 Å². The summed E-state index contributed by atoms with van der Waals surface area (Å²) in [7, 11) is 0. The summed E-state index contributed by atoms with van der Waals surface area (Å²) in [4.78, 5) is 11.7. The van der Waals surface area contributed by atoms with Crippen LogP contribution in [0.5, 0.6) is 0 Å². The Bertz CT molecular complexity index is 390. The van der Waals surface area contributed by atoms with Crippen LogP contribution in [-0.4, -0.2) is 18.0 Å². The Labute approximate surface area is 120 Å². The highest BCUT2D eigenvalue weighted by Gasteiger charge is 2.08. The minimum absolute atomic E-state index is 0.0992. The molecular formula is C15H23ClN2O. The van der Waals surface area contributed by atoms with Crippen molar-refractivity contribution in [1.82, 2.24) is 5.32 Å². The Morgan fingerprint density at radius 1 is 1.32 bits per heavy atom. The fourth-order valence-electron chi connectivity index (χ4n) is 1.96. The lowest BCUT2D eigenvalue weighted by Crippen LogP contribution is -2.34. The monoisotopic (exact) mass is 282 g/mol. The Morgan fingerprint density at radius 2 is 1.95 bits per heavy atom. The van der Waals surface area contributed by atoms with Crippen molar-refractivity contribution in [3.8, 4) is 0 Å². The molecule has 0 fully saturated rings. The number of carbonyl (C=O) groups excluding carboxylic acids is 1. The number of nitrogens with one attached hydrogen (secondary N) is 1. The SMILES string of the molecule is CC(N)CCCC(=O)NC(C)Cc1ccc(Cl)cc1. The maximum atomic E-state index is 11.7. The van der Waals surface area contributed by atoms with E-state index in [9.17, 15) is 4.79 Å². The summed E-state index contributed by atoms with van der Waals surface area (Å²) in [6, 6.07) is 8.01. The summed E-state index contributed by atoms with van der Waals surface area (Å²) in [5.41, 5.74) is 6.83. The first-order chi connectivity index (χ1) is 8.97. The average molecular weight is 283 g/mol. The van der Waals surface area contributed by atoms with E-state index in [-0.39, 0.29) is 18.0 Å². The van der Waals surface area contributed by atoms with E-state index in [1.165, 1.54) is 5.56 Å². The third-order valence-corrected chi connectivity index (χ3v) is 3.18. The lowest BCUT2D eigenvalue weighted by Gasteiger charge is -2.14. The van der Waals surface area contributed by atoms with Crippen LogP contribution >= 0.6 is 11.6 Å². The molecule has 2 atom stereocenters. The molecule has 0 aromatic heterocycles. The van der Waals surface area contributed by atoms with Gasteiger partial charge in [0.1, 0.15) is 0 Å². The Hall–Kier alpha value is -1.06. The van der Waals surface area contributed by atoms with Gasteiger partial charge in [-0.15, -0.1) is 0 Å².